The Balaban J connectivity index is 1.79. The largest absolute Gasteiger partial charge is 0.383 e. The predicted molar refractivity (Wildman–Crippen MR) is 107 cm³/mol. The number of allylic oxidation sites excluding steroid dienone is 1. The van der Waals surface area contributed by atoms with Crippen LogP contribution in [0.15, 0.2) is 35.9 Å². The number of nitrogens with two attached hydrogens (primary N) is 2. The van der Waals surface area contributed by atoms with E-state index in [0.29, 0.717) is 23.7 Å². The van der Waals surface area contributed by atoms with Crippen molar-refractivity contribution in [3.05, 3.63) is 41.6 Å². The lowest BCUT2D eigenvalue weighted by Gasteiger charge is -2.13. The van der Waals surface area contributed by atoms with Crippen LogP contribution >= 0.6 is 0 Å². The number of carbonyl (C=O) groups excluding carboxylic acids is 1. The molecule has 1 saturated carbocycles. The SMILES string of the molecule is CC(C)=CCOCc1nc(N)nc(N)c1-c1ccc(NC(=O)C2CC2)cc1. The topological polar surface area (TPSA) is 116 Å². The highest BCUT2D eigenvalue weighted by Crippen LogP contribution is 2.32. The molecule has 1 heterocycles. The highest BCUT2D eigenvalue weighted by Gasteiger charge is 2.29. The molecule has 1 aromatic carbocycles. The van der Waals surface area contributed by atoms with Gasteiger partial charge in [-0.1, -0.05) is 23.8 Å². The predicted octanol–water partition coefficient (Wildman–Crippen LogP) is 3.14. The van der Waals surface area contributed by atoms with Crippen LogP contribution in [-0.4, -0.2) is 22.5 Å². The zero-order valence-electron chi connectivity index (χ0n) is 15.7. The van der Waals surface area contributed by atoms with Gasteiger partial charge in [-0.3, -0.25) is 4.79 Å². The van der Waals surface area contributed by atoms with Crippen molar-refractivity contribution in [2.75, 3.05) is 23.4 Å². The Labute approximate surface area is 158 Å². The van der Waals surface area contributed by atoms with Gasteiger partial charge in [-0.05, 0) is 44.4 Å². The molecule has 1 aliphatic rings. The van der Waals surface area contributed by atoms with E-state index >= 15 is 0 Å². The lowest BCUT2D eigenvalue weighted by Crippen LogP contribution is -2.13. The maximum absolute atomic E-state index is 11.9. The van der Waals surface area contributed by atoms with Gasteiger partial charge >= 0.3 is 0 Å². The van der Waals surface area contributed by atoms with E-state index in [1.54, 1.807) is 0 Å². The van der Waals surface area contributed by atoms with E-state index in [9.17, 15) is 4.79 Å². The fraction of sp³-hybridized carbons (Fsp3) is 0.350. The van der Waals surface area contributed by atoms with Crippen LogP contribution in [0.4, 0.5) is 17.5 Å². The van der Waals surface area contributed by atoms with Crippen molar-refractivity contribution in [3.63, 3.8) is 0 Å². The second-order valence-electron chi connectivity index (χ2n) is 6.93. The summed E-state index contributed by atoms with van der Waals surface area (Å²) in [5.41, 5.74) is 16.0. The Morgan fingerprint density at radius 3 is 2.56 bits per heavy atom. The molecule has 0 spiro atoms. The number of hydrogen-bond acceptors (Lipinski definition) is 6. The molecule has 0 atom stereocenters. The van der Waals surface area contributed by atoms with E-state index in [2.05, 4.69) is 15.3 Å². The molecule has 5 N–H and O–H groups in total. The molecule has 7 nitrogen and oxygen atoms in total. The van der Waals surface area contributed by atoms with Gasteiger partial charge in [0.15, 0.2) is 0 Å². The zero-order valence-corrected chi connectivity index (χ0v) is 15.7. The average Bonchev–Trinajstić information content (AvgIpc) is 3.44. The first-order valence-corrected chi connectivity index (χ1v) is 8.98. The molecule has 142 valence electrons. The van der Waals surface area contributed by atoms with E-state index in [1.165, 1.54) is 5.57 Å². The molecule has 27 heavy (non-hydrogen) atoms. The fourth-order valence-corrected chi connectivity index (χ4v) is 2.66. The van der Waals surface area contributed by atoms with Crippen LogP contribution in [0.3, 0.4) is 0 Å². The summed E-state index contributed by atoms with van der Waals surface area (Å²) >= 11 is 0. The molecule has 0 saturated heterocycles. The summed E-state index contributed by atoms with van der Waals surface area (Å²) in [5.74, 6) is 0.658. The number of nitrogens with one attached hydrogen (secondary N) is 1. The van der Waals surface area contributed by atoms with Gasteiger partial charge in [-0.2, -0.15) is 4.98 Å². The average molecular weight is 367 g/mol. The third-order valence-electron chi connectivity index (χ3n) is 4.27. The van der Waals surface area contributed by atoms with Crippen LogP contribution in [0.5, 0.6) is 0 Å². The van der Waals surface area contributed by atoms with Crippen molar-refractivity contribution in [3.8, 4) is 11.1 Å². The second kappa shape index (κ2) is 8.18. The number of benzene rings is 1. The summed E-state index contributed by atoms with van der Waals surface area (Å²) in [5, 5.41) is 2.92. The molecular formula is C20H25N5O2. The lowest BCUT2D eigenvalue weighted by atomic mass is 10.0. The minimum Gasteiger partial charge on any atom is -0.383 e. The molecule has 2 aromatic rings. The molecule has 1 aliphatic carbocycles. The Kier molecular flexibility index (Phi) is 5.71. The summed E-state index contributed by atoms with van der Waals surface area (Å²) in [6, 6.07) is 7.46. The van der Waals surface area contributed by atoms with Gasteiger partial charge in [0.05, 0.1) is 18.9 Å². The van der Waals surface area contributed by atoms with Gasteiger partial charge in [0.1, 0.15) is 5.82 Å². The minimum atomic E-state index is 0.0754. The summed E-state index contributed by atoms with van der Waals surface area (Å²) in [6.07, 6.45) is 3.93. The van der Waals surface area contributed by atoms with Crippen molar-refractivity contribution in [2.24, 2.45) is 5.92 Å². The Morgan fingerprint density at radius 2 is 1.93 bits per heavy atom. The van der Waals surface area contributed by atoms with E-state index in [1.807, 2.05) is 44.2 Å². The van der Waals surface area contributed by atoms with E-state index in [4.69, 9.17) is 16.2 Å². The van der Waals surface area contributed by atoms with Crippen LogP contribution < -0.4 is 16.8 Å². The van der Waals surface area contributed by atoms with Crippen molar-refractivity contribution in [1.82, 2.24) is 9.97 Å². The summed E-state index contributed by atoms with van der Waals surface area (Å²) in [6.45, 7) is 4.78. The first-order chi connectivity index (χ1) is 12.9. The molecule has 1 fully saturated rings. The van der Waals surface area contributed by atoms with E-state index in [0.717, 1.165) is 24.1 Å². The maximum atomic E-state index is 11.9. The van der Waals surface area contributed by atoms with Gasteiger partial charge in [0.25, 0.3) is 0 Å². The molecule has 0 unspecified atom stereocenters. The Morgan fingerprint density at radius 1 is 1.22 bits per heavy atom. The Hall–Kier alpha value is -2.93. The van der Waals surface area contributed by atoms with Gasteiger partial charge < -0.3 is 21.5 Å². The maximum Gasteiger partial charge on any atom is 0.227 e. The van der Waals surface area contributed by atoms with Crippen molar-refractivity contribution < 1.29 is 9.53 Å². The van der Waals surface area contributed by atoms with Gasteiger partial charge in [0.2, 0.25) is 11.9 Å². The van der Waals surface area contributed by atoms with Crippen molar-refractivity contribution >= 4 is 23.4 Å². The number of ether oxygens (including phenoxy) is 1. The number of hydrogen-bond donors (Lipinski definition) is 3. The van der Waals surface area contributed by atoms with Gasteiger partial charge in [-0.15, -0.1) is 0 Å². The molecule has 0 bridgehead atoms. The number of anilines is 3. The molecule has 3 rings (SSSR count). The van der Waals surface area contributed by atoms with Crippen LogP contribution in [0, 0.1) is 5.92 Å². The fourth-order valence-electron chi connectivity index (χ4n) is 2.66. The quantitative estimate of drug-likeness (QED) is 0.511. The molecule has 0 radical (unpaired) electrons. The van der Waals surface area contributed by atoms with Crippen molar-refractivity contribution in [2.45, 2.75) is 33.3 Å². The smallest absolute Gasteiger partial charge is 0.227 e. The summed E-state index contributed by atoms with van der Waals surface area (Å²) in [4.78, 5) is 20.3. The number of amides is 1. The number of nitrogens with zero attached hydrogens (tertiary/aromatic N) is 2. The van der Waals surface area contributed by atoms with Crippen LogP contribution in [-0.2, 0) is 16.1 Å². The molecular weight excluding hydrogens is 342 g/mol. The number of aromatic nitrogens is 2. The number of rotatable bonds is 7. The number of nitrogen functional groups attached to an aromatic ring is 2. The first kappa shape index (κ1) is 18.8. The highest BCUT2D eigenvalue weighted by atomic mass is 16.5. The first-order valence-electron chi connectivity index (χ1n) is 8.98. The second-order valence-corrected chi connectivity index (χ2v) is 6.93. The Bertz CT molecular complexity index is 853. The van der Waals surface area contributed by atoms with Crippen molar-refractivity contribution in [1.29, 1.82) is 0 Å². The molecule has 7 heteroatoms. The van der Waals surface area contributed by atoms with Gasteiger partial charge in [-0.25, -0.2) is 4.98 Å². The lowest BCUT2D eigenvalue weighted by molar-refractivity contribution is -0.117. The van der Waals surface area contributed by atoms with E-state index in [-0.39, 0.29) is 24.4 Å². The van der Waals surface area contributed by atoms with E-state index < -0.39 is 0 Å². The normalized spacial score (nSPS) is 13.3. The minimum absolute atomic E-state index is 0.0754. The van der Waals surface area contributed by atoms with Crippen LogP contribution in [0.25, 0.3) is 11.1 Å². The summed E-state index contributed by atoms with van der Waals surface area (Å²) in [7, 11) is 0. The summed E-state index contributed by atoms with van der Waals surface area (Å²) < 4.78 is 5.68. The highest BCUT2D eigenvalue weighted by molar-refractivity contribution is 5.94. The standard InChI is InChI=1S/C20H25N5O2/c1-12(2)9-10-27-11-16-17(18(21)25-20(22)24-16)13-5-7-15(8-6-13)23-19(26)14-3-4-14/h5-9,14H,3-4,10-11H2,1-2H3,(H,23,26)(H4,21,22,24,25). The number of carbonyl (C=O) groups is 1. The molecule has 0 aliphatic heterocycles. The molecule has 1 aromatic heterocycles. The monoisotopic (exact) mass is 367 g/mol. The zero-order chi connectivity index (χ0) is 19.4. The molecule has 1 amide bonds. The van der Waals surface area contributed by atoms with Crippen LogP contribution in [0.2, 0.25) is 0 Å². The van der Waals surface area contributed by atoms with Gasteiger partial charge in [0, 0.05) is 17.2 Å². The van der Waals surface area contributed by atoms with Crippen LogP contribution in [0.1, 0.15) is 32.4 Å². The third-order valence-corrected chi connectivity index (χ3v) is 4.27. The third kappa shape index (κ3) is 5.04.